The topological polar surface area (TPSA) is 52.6 Å². The largest absolute Gasteiger partial charge is 0.497 e. The first-order valence-corrected chi connectivity index (χ1v) is 11.7. The summed E-state index contributed by atoms with van der Waals surface area (Å²) < 4.78 is 11.6. The number of fused-ring (bicyclic) bond motifs is 1. The summed E-state index contributed by atoms with van der Waals surface area (Å²) in [4.78, 5) is 25.8. The van der Waals surface area contributed by atoms with Crippen LogP contribution in [0.1, 0.15) is 77.7 Å². The first kappa shape index (κ1) is 21.4. The molecule has 0 saturated heterocycles. The quantitative estimate of drug-likeness (QED) is 0.602. The number of Topliss-reactive ketones (excluding diaryl/α,β-unsaturated/α-hetero) is 1. The molecular weight excluding hydrogens is 376 g/mol. The molecule has 3 aliphatic rings. The van der Waals surface area contributed by atoms with Crippen LogP contribution in [-0.4, -0.2) is 25.0 Å². The monoisotopic (exact) mass is 412 g/mol. The predicted octanol–water partition coefficient (Wildman–Crippen LogP) is 5.47. The molecule has 0 aliphatic heterocycles. The number of benzene rings is 1. The molecule has 0 amide bonds. The number of ketones is 1. The van der Waals surface area contributed by atoms with Crippen LogP contribution in [-0.2, 0) is 19.7 Å². The van der Waals surface area contributed by atoms with Crippen LogP contribution in [0.15, 0.2) is 24.3 Å². The Morgan fingerprint density at radius 1 is 1.10 bits per heavy atom. The summed E-state index contributed by atoms with van der Waals surface area (Å²) in [6.07, 6.45) is 6.97. The van der Waals surface area contributed by atoms with Crippen LogP contribution in [0.5, 0.6) is 5.75 Å². The molecule has 30 heavy (non-hydrogen) atoms. The molecule has 1 aromatic rings. The van der Waals surface area contributed by atoms with Crippen LogP contribution in [0.2, 0.25) is 0 Å². The highest BCUT2D eigenvalue weighted by atomic mass is 16.5. The average molecular weight is 413 g/mol. The minimum absolute atomic E-state index is 0.0900. The molecular formula is C26H36O4. The van der Waals surface area contributed by atoms with E-state index in [0.29, 0.717) is 12.3 Å². The Labute approximate surface area is 180 Å². The lowest BCUT2D eigenvalue weighted by atomic mass is 9.53. The molecule has 4 rings (SSSR count). The molecule has 0 unspecified atom stereocenters. The molecule has 1 aromatic carbocycles. The molecule has 4 heteroatoms. The molecule has 0 N–H and O–H groups in total. The summed E-state index contributed by atoms with van der Waals surface area (Å²) in [6.45, 7) is 6.79. The smallest absolute Gasteiger partial charge is 0.313 e. The van der Waals surface area contributed by atoms with Crippen molar-refractivity contribution in [1.29, 1.82) is 0 Å². The number of rotatable bonds is 5. The Morgan fingerprint density at radius 2 is 1.83 bits per heavy atom. The van der Waals surface area contributed by atoms with Crippen molar-refractivity contribution in [3.8, 4) is 5.75 Å². The molecule has 0 radical (unpaired) electrons. The number of carbonyl (C=O) groups excluding carboxylic acids is 2. The van der Waals surface area contributed by atoms with Gasteiger partial charge in [0.05, 0.1) is 12.5 Å². The van der Waals surface area contributed by atoms with Crippen molar-refractivity contribution < 1.29 is 19.1 Å². The lowest BCUT2D eigenvalue weighted by Crippen LogP contribution is -2.55. The summed E-state index contributed by atoms with van der Waals surface area (Å²) >= 11 is 0. The van der Waals surface area contributed by atoms with Gasteiger partial charge in [-0.25, -0.2) is 0 Å². The van der Waals surface area contributed by atoms with Gasteiger partial charge in [0.2, 0.25) is 0 Å². The molecule has 0 bridgehead atoms. The maximum absolute atomic E-state index is 13.4. The van der Waals surface area contributed by atoms with Gasteiger partial charge in [-0.3, -0.25) is 9.59 Å². The Bertz CT molecular complexity index is 796. The third-order valence-corrected chi connectivity index (χ3v) is 8.46. The van der Waals surface area contributed by atoms with Gasteiger partial charge in [0.25, 0.3) is 0 Å². The van der Waals surface area contributed by atoms with Crippen molar-refractivity contribution in [3.05, 3.63) is 29.8 Å². The van der Waals surface area contributed by atoms with Gasteiger partial charge in [-0.2, -0.15) is 0 Å². The van der Waals surface area contributed by atoms with Crippen molar-refractivity contribution >= 4 is 11.8 Å². The molecule has 0 aromatic heterocycles. The molecule has 3 fully saturated rings. The Hall–Kier alpha value is -1.84. The lowest BCUT2D eigenvalue weighted by molar-refractivity contribution is -0.187. The van der Waals surface area contributed by atoms with Crippen molar-refractivity contribution in [1.82, 2.24) is 0 Å². The first-order valence-electron chi connectivity index (χ1n) is 11.7. The minimum Gasteiger partial charge on any atom is -0.497 e. The number of hydrogen-bond acceptors (Lipinski definition) is 4. The zero-order chi connectivity index (χ0) is 21.5. The van der Waals surface area contributed by atoms with Gasteiger partial charge in [-0.1, -0.05) is 39.3 Å². The van der Waals surface area contributed by atoms with Gasteiger partial charge in [0, 0.05) is 18.3 Å². The summed E-state index contributed by atoms with van der Waals surface area (Å²) in [5.74, 6) is 1.76. The second-order valence-electron chi connectivity index (χ2n) is 10.5. The van der Waals surface area contributed by atoms with Crippen LogP contribution < -0.4 is 4.74 Å². The minimum atomic E-state index is -0.523. The van der Waals surface area contributed by atoms with Crippen LogP contribution in [0.25, 0.3) is 0 Å². The van der Waals surface area contributed by atoms with Crippen LogP contribution in [0, 0.1) is 23.2 Å². The van der Waals surface area contributed by atoms with Gasteiger partial charge in [-0.05, 0) is 67.6 Å². The lowest BCUT2D eigenvalue weighted by Gasteiger charge is -2.51. The number of carbonyl (C=O) groups is 2. The fourth-order valence-electron chi connectivity index (χ4n) is 6.28. The van der Waals surface area contributed by atoms with E-state index in [1.807, 2.05) is 12.1 Å². The average Bonchev–Trinajstić information content (AvgIpc) is 2.69. The zero-order valence-corrected chi connectivity index (χ0v) is 18.9. The number of hydrogen-bond donors (Lipinski definition) is 0. The normalized spacial score (nSPS) is 33.9. The fraction of sp³-hybridized carbons (Fsp3) is 0.692. The third-order valence-electron chi connectivity index (χ3n) is 8.46. The van der Waals surface area contributed by atoms with E-state index in [1.165, 1.54) is 5.56 Å². The molecule has 4 nitrogen and oxygen atoms in total. The molecule has 3 aliphatic carbocycles. The van der Waals surface area contributed by atoms with E-state index in [-0.39, 0.29) is 35.1 Å². The van der Waals surface area contributed by atoms with Crippen LogP contribution in [0.4, 0.5) is 0 Å². The van der Waals surface area contributed by atoms with Gasteiger partial charge in [0.1, 0.15) is 17.6 Å². The maximum Gasteiger partial charge on any atom is 0.313 e. The number of ether oxygens (including phenoxy) is 2. The standard InChI is InChI=1S/C26H36O4/c1-17-7-12-21(25(2,3)18-8-10-19(29-4)11-9-18)23(16-17)30-24(28)26-14-5-6-22(27)20(26)13-15-26/h8-11,17,20-21,23H,5-7,12-16H2,1-4H3/t17-,20-,21-,23-,26+/m1/s1. The fourth-order valence-corrected chi connectivity index (χ4v) is 6.28. The van der Waals surface area contributed by atoms with E-state index in [0.717, 1.165) is 50.7 Å². The number of methoxy groups -OCH3 is 1. The van der Waals surface area contributed by atoms with Crippen molar-refractivity contribution in [2.75, 3.05) is 7.11 Å². The Balaban J connectivity index is 1.55. The van der Waals surface area contributed by atoms with Crippen LogP contribution >= 0.6 is 0 Å². The van der Waals surface area contributed by atoms with Gasteiger partial charge in [-0.15, -0.1) is 0 Å². The third kappa shape index (κ3) is 3.56. The highest BCUT2D eigenvalue weighted by Gasteiger charge is 2.58. The molecule has 0 heterocycles. The summed E-state index contributed by atoms with van der Waals surface area (Å²) in [7, 11) is 1.68. The predicted molar refractivity (Wildman–Crippen MR) is 116 cm³/mol. The van der Waals surface area contributed by atoms with E-state index in [9.17, 15) is 9.59 Å². The van der Waals surface area contributed by atoms with Gasteiger partial charge < -0.3 is 9.47 Å². The second-order valence-corrected chi connectivity index (χ2v) is 10.5. The number of esters is 1. The summed E-state index contributed by atoms with van der Waals surface area (Å²) in [5, 5.41) is 0. The zero-order valence-electron chi connectivity index (χ0n) is 18.9. The first-order chi connectivity index (χ1) is 14.3. The van der Waals surface area contributed by atoms with E-state index >= 15 is 0 Å². The van der Waals surface area contributed by atoms with Crippen molar-refractivity contribution in [3.63, 3.8) is 0 Å². The van der Waals surface area contributed by atoms with E-state index < -0.39 is 5.41 Å². The summed E-state index contributed by atoms with van der Waals surface area (Å²) in [6, 6.07) is 8.29. The Morgan fingerprint density at radius 3 is 2.47 bits per heavy atom. The molecule has 164 valence electrons. The van der Waals surface area contributed by atoms with E-state index in [4.69, 9.17) is 9.47 Å². The highest BCUT2D eigenvalue weighted by molar-refractivity contribution is 5.92. The molecule has 0 spiro atoms. The summed E-state index contributed by atoms with van der Waals surface area (Å²) in [5.41, 5.74) is 0.609. The maximum atomic E-state index is 13.4. The highest BCUT2D eigenvalue weighted by Crippen LogP contribution is 2.55. The van der Waals surface area contributed by atoms with Gasteiger partial charge in [0.15, 0.2) is 0 Å². The van der Waals surface area contributed by atoms with Crippen LogP contribution in [0.3, 0.4) is 0 Å². The molecule has 5 atom stereocenters. The van der Waals surface area contributed by atoms with Gasteiger partial charge >= 0.3 is 5.97 Å². The van der Waals surface area contributed by atoms with Crippen molar-refractivity contribution in [2.45, 2.75) is 83.7 Å². The molecule has 3 saturated carbocycles. The second kappa shape index (κ2) is 8.01. The SMILES string of the molecule is COc1ccc(C(C)(C)[C@@H]2CC[C@@H](C)C[C@H]2OC(=O)[C@]23CCCC(=O)[C@H]2CC3)cc1. The van der Waals surface area contributed by atoms with E-state index in [1.54, 1.807) is 7.11 Å². The van der Waals surface area contributed by atoms with Crippen molar-refractivity contribution in [2.24, 2.45) is 23.2 Å². The Kier molecular flexibility index (Phi) is 5.71. The van der Waals surface area contributed by atoms with E-state index in [2.05, 4.69) is 32.9 Å².